The Balaban J connectivity index is 1.89. The molecule has 0 saturated heterocycles. The number of phenols is 2. The van der Waals surface area contributed by atoms with Gasteiger partial charge in [0.1, 0.15) is 11.5 Å². The molecule has 3 aromatic rings. The Morgan fingerprint density at radius 2 is 0.917 bits per heavy atom. The maximum atomic E-state index is 9.79. The molecule has 0 spiro atoms. The van der Waals surface area contributed by atoms with Gasteiger partial charge in [-0.15, -0.1) is 0 Å². The molecule has 0 atom stereocenters. The lowest BCUT2D eigenvalue weighted by molar-refractivity contribution is 0.474. The third kappa shape index (κ3) is 3.67. The van der Waals surface area contributed by atoms with Crippen molar-refractivity contribution in [3.05, 3.63) is 83.9 Å². The molecule has 3 aromatic carbocycles. The highest BCUT2D eigenvalue weighted by Gasteiger charge is 2.00. The molecule has 3 rings (SSSR count). The minimum absolute atomic E-state index is 0.177. The van der Waals surface area contributed by atoms with Crippen LogP contribution < -0.4 is 0 Å². The Labute approximate surface area is 140 Å². The topological polar surface area (TPSA) is 65.2 Å². The van der Waals surface area contributed by atoms with Crippen molar-refractivity contribution in [2.45, 2.75) is 0 Å². The Bertz CT molecular complexity index is 827. The summed E-state index contributed by atoms with van der Waals surface area (Å²) in [5.74, 6) is 0.355. The quantitative estimate of drug-likeness (QED) is 0.691. The molecule has 0 aliphatic rings. The standard InChI is InChI=1S/C20H16N2O2/c23-19-11-5-1-7-15(19)13-21-17-9-3-4-10-18(17)22-14-16-8-2-6-12-20(16)24/h1-14,23-24H/b21-13-,22-14+. The molecule has 24 heavy (non-hydrogen) atoms. The molecular formula is C20H16N2O2. The van der Waals surface area contributed by atoms with E-state index in [1.807, 2.05) is 36.4 Å². The molecule has 0 aliphatic heterocycles. The van der Waals surface area contributed by atoms with Crippen LogP contribution in [0.3, 0.4) is 0 Å². The van der Waals surface area contributed by atoms with Crippen LogP contribution in [0.15, 0.2) is 82.8 Å². The fraction of sp³-hybridized carbons (Fsp3) is 0. The van der Waals surface area contributed by atoms with Gasteiger partial charge in [-0.2, -0.15) is 0 Å². The molecule has 118 valence electrons. The number of aromatic hydroxyl groups is 2. The van der Waals surface area contributed by atoms with Crippen molar-refractivity contribution in [2.75, 3.05) is 0 Å². The van der Waals surface area contributed by atoms with Crippen LogP contribution in [0.4, 0.5) is 11.4 Å². The number of aliphatic imine (C=N–C) groups is 2. The second-order valence-electron chi connectivity index (χ2n) is 5.12. The van der Waals surface area contributed by atoms with Crippen LogP contribution in [0.1, 0.15) is 11.1 Å². The van der Waals surface area contributed by atoms with Gasteiger partial charge in [0, 0.05) is 23.6 Å². The third-order valence-corrected chi connectivity index (χ3v) is 3.44. The van der Waals surface area contributed by atoms with E-state index < -0.39 is 0 Å². The van der Waals surface area contributed by atoms with Gasteiger partial charge in [0.2, 0.25) is 0 Å². The molecule has 0 saturated carbocycles. The van der Waals surface area contributed by atoms with Gasteiger partial charge in [0.25, 0.3) is 0 Å². The third-order valence-electron chi connectivity index (χ3n) is 3.44. The highest BCUT2D eigenvalue weighted by molar-refractivity contribution is 5.89. The monoisotopic (exact) mass is 316 g/mol. The summed E-state index contributed by atoms with van der Waals surface area (Å²) in [4.78, 5) is 8.82. The maximum Gasteiger partial charge on any atom is 0.124 e. The van der Waals surface area contributed by atoms with Crippen molar-refractivity contribution in [2.24, 2.45) is 9.98 Å². The van der Waals surface area contributed by atoms with Crippen LogP contribution in [0, 0.1) is 0 Å². The largest absolute Gasteiger partial charge is 0.507 e. The van der Waals surface area contributed by atoms with Gasteiger partial charge in [0.05, 0.1) is 11.4 Å². The Morgan fingerprint density at radius 3 is 1.33 bits per heavy atom. The van der Waals surface area contributed by atoms with Crippen molar-refractivity contribution in [1.82, 2.24) is 0 Å². The fourth-order valence-electron chi connectivity index (χ4n) is 2.15. The summed E-state index contributed by atoms with van der Waals surface area (Å²) >= 11 is 0. The number of hydrogen-bond donors (Lipinski definition) is 2. The van der Waals surface area contributed by atoms with E-state index in [1.54, 1.807) is 48.8 Å². The van der Waals surface area contributed by atoms with Crippen molar-refractivity contribution in [1.29, 1.82) is 0 Å². The van der Waals surface area contributed by atoms with Crippen LogP contribution in [0.2, 0.25) is 0 Å². The molecule has 4 nitrogen and oxygen atoms in total. The van der Waals surface area contributed by atoms with E-state index in [0.717, 1.165) is 0 Å². The van der Waals surface area contributed by atoms with Gasteiger partial charge >= 0.3 is 0 Å². The highest BCUT2D eigenvalue weighted by atomic mass is 16.3. The van der Waals surface area contributed by atoms with Gasteiger partial charge in [-0.1, -0.05) is 36.4 Å². The number of benzene rings is 3. The summed E-state index contributed by atoms with van der Waals surface area (Å²) in [5.41, 5.74) is 2.62. The lowest BCUT2D eigenvalue weighted by atomic mass is 10.2. The van der Waals surface area contributed by atoms with E-state index >= 15 is 0 Å². The Kier molecular flexibility index (Phi) is 4.68. The molecule has 2 N–H and O–H groups in total. The highest BCUT2D eigenvalue weighted by Crippen LogP contribution is 2.28. The lowest BCUT2D eigenvalue weighted by Crippen LogP contribution is -1.82. The van der Waals surface area contributed by atoms with E-state index in [1.165, 1.54) is 0 Å². The second-order valence-corrected chi connectivity index (χ2v) is 5.12. The van der Waals surface area contributed by atoms with E-state index in [9.17, 15) is 10.2 Å². The summed E-state index contributed by atoms with van der Waals surface area (Å²) in [6, 6.07) is 21.4. The predicted molar refractivity (Wildman–Crippen MR) is 97.2 cm³/mol. The molecule has 0 aromatic heterocycles. The van der Waals surface area contributed by atoms with Crippen molar-refractivity contribution < 1.29 is 10.2 Å². The van der Waals surface area contributed by atoms with Gasteiger partial charge in [-0.3, -0.25) is 9.98 Å². The van der Waals surface area contributed by atoms with E-state index in [2.05, 4.69) is 9.98 Å². The fourth-order valence-corrected chi connectivity index (χ4v) is 2.15. The molecule has 0 fully saturated rings. The van der Waals surface area contributed by atoms with Gasteiger partial charge in [-0.25, -0.2) is 0 Å². The first-order valence-corrected chi connectivity index (χ1v) is 7.47. The molecule has 0 unspecified atom stereocenters. The molecular weight excluding hydrogens is 300 g/mol. The van der Waals surface area contributed by atoms with Crippen LogP contribution in [-0.2, 0) is 0 Å². The van der Waals surface area contributed by atoms with Crippen LogP contribution in [-0.4, -0.2) is 22.6 Å². The number of nitrogens with zero attached hydrogens (tertiary/aromatic N) is 2. The minimum atomic E-state index is 0.177. The average molecular weight is 316 g/mol. The van der Waals surface area contributed by atoms with E-state index in [4.69, 9.17) is 0 Å². The van der Waals surface area contributed by atoms with Crippen LogP contribution in [0.5, 0.6) is 11.5 Å². The molecule has 4 heteroatoms. The summed E-state index contributed by atoms with van der Waals surface area (Å²) < 4.78 is 0. The average Bonchev–Trinajstić information content (AvgIpc) is 2.61. The number of rotatable bonds is 4. The smallest absolute Gasteiger partial charge is 0.124 e. The molecule has 0 bridgehead atoms. The SMILES string of the molecule is Oc1ccccc1/C=N\c1ccccc1/N=C/c1ccccc1O. The Morgan fingerprint density at radius 1 is 0.542 bits per heavy atom. The normalized spacial score (nSPS) is 11.3. The van der Waals surface area contributed by atoms with Gasteiger partial charge in [-0.05, 0) is 36.4 Å². The van der Waals surface area contributed by atoms with Crippen molar-refractivity contribution >= 4 is 23.8 Å². The second kappa shape index (κ2) is 7.24. The van der Waals surface area contributed by atoms with Gasteiger partial charge in [0.15, 0.2) is 0 Å². The van der Waals surface area contributed by atoms with Crippen LogP contribution >= 0.6 is 0 Å². The predicted octanol–water partition coefficient (Wildman–Crippen LogP) is 4.60. The number of phenolic OH excluding ortho intramolecular Hbond substituents is 2. The molecule has 0 heterocycles. The zero-order chi connectivity index (χ0) is 16.8. The minimum Gasteiger partial charge on any atom is -0.507 e. The zero-order valence-corrected chi connectivity index (χ0v) is 12.9. The lowest BCUT2D eigenvalue weighted by Gasteiger charge is -2.01. The van der Waals surface area contributed by atoms with Crippen molar-refractivity contribution in [3.63, 3.8) is 0 Å². The van der Waals surface area contributed by atoms with Gasteiger partial charge < -0.3 is 10.2 Å². The van der Waals surface area contributed by atoms with E-state index in [0.29, 0.717) is 22.5 Å². The molecule has 0 amide bonds. The first kappa shape index (κ1) is 15.5. The molecule has 0 aliphatic carbocycles. The maximum absolute atomic E-state index is 9.79. The summed E-state index contributed by atoms with van der Waals surface area (Å²) in [6.45, 7) is 0. The van der Waals surface area contributed by atoms with Crippen molar-refractivity contribution in [3.8, 4) is 11.5 Å². The number of hydrogen-bond acceptors (Lipinski definition) is 4. The number of para-hydroxylation sites is 4. The summed E-state index contributed by atoms with van der Waals surface area (Å²) in [5, 5.41) is 19.6. The molecule has 0 radical (unpaired) electrons. The Hall–Kier alpha value is -3.40. The summed E-state index contributed by atoms with van der Waals surface area (Å²) in [7, 11) is 0. The van der Waals surface area contributed by atoms with Crippen LogP contribution in [0.25, 0.3) is 0 Å². The first-order valence-electron chi connectivity index (χ1n) is 7.47. The summed E-state index contributed by atoms with van der Waals surface area (Å²) in [6.07, 6.45) is 3.20. The first-order chi connectivity index (χ1) is 11.7. The van der Waals surface area contributed by atoms with E-state index in [-0.39, 0.29) is 11.5 Å². The zero-order valence-electron chi connectivity index (χ0n) is 12.9.